The highest BCUT2D eigenvalue weighted by Gasteiger charge is 2.41. The summed E-state index contributed by atoms with van der Waals surface area (Å²) in [6.45, 7) is 1.87. The van der Waals surface area contributed by atoms with Gasteiger partial charge < -0.3 is 5.32 Å². The van der Waals surface area contributed by atoms with Gasteiger partial charge in [-0.25, -0.2) is 0 Å². The van der Waals surface area contributed by atoms with Crippen LogP contribution in [0.4, 0.5) is 5.13 Å². The van der Waals surface area contributed by atoms with Gasteiger partial charge in [-0.3, -0.25) is 10.1 Å². The molecule has 2 unspecified atom stereocenters. The van der Waals surface area contributed by atoms with Gasteiger partial charge in [0.05, 0.1) is 5.56 Å². The van der Waals surface area contributed by atoms with E-state index in [4.69, 9.17) is 0 Å². The molecule has 0 aromatic carbocycles. The highest BCUT2D eigenvalue weighted by atomic mass is 32.1. The molecule has 2 fully saturated rings. The molecule has 7 heteroatoms. The van der Waals surface area contributed by atoms with Crippen molar-refractivity contribution >= 4 is 33.7 Å². The van der Waals surface area contributed by atoms with Crippen LogP contribution in [0, 0.1) is 6.92 Å². The maximum absolute atomic E-state index is 12.2. The van der Waals surface area contributed by atoms with Gasteiger partial charge in [-0.2, -0.15) is 0 Å². The van der Waals surface area contributed by atoms with E-state index in [-0.39, 0.29) is 5.91 Å². The van der Waals surface area contributed by atoms with Gasteiger partial charge in [-0.05, 0) is 32.3 Å². The molecule has 2 aromatic heterocycles. The Bertz CT molecular complexity index is 691. The van der Waals surface area contributed by atoms with E-state index in [0.717, 1.165) is 16.6 Å². The number of hydrogen-bond acceptors (Lipinski definition) is 6. The van der Waals surface area contributed by atoms with E-state index in [1.54, 1.807) is 11.3 Å². The van der Waals surface area contributed by atoms with Crippen LogP contribution in [0.5, 0.6) is 0 Å². The summed E-state index contributed by atoms with van der Waals surface area (Å²) in [6.07, 6.45) is 5.21. The van der Waals surface area contributed by atoms with Crippen LogP contribution in [0.2, 0.25) is 0 Å². The number of anilines is 1. The average Bonchev–Trinajstić information content (AvgIpc) is 2.84. The normalized spacial score (nSPS) is 24.0. The summed E-state index contributed by atoms with van der Waals surface area (Å²) >= 11 is 3.08. The number of nitrogens with zero attached hydrogens (tertiary/aromatic N) is 2. The first-order valence-electron chi connectivity index (χ1n) is 7.65. The molecule has 0 spiro atoms. The van der Waals surface area contributed by atoms with Crippen LogP contribution >= 0.6 is 22.7 Å². The lowest BCUT2D eigenvalue weighted by atomic mass is 9.93. The van der Waals surface area contributed by atoms with E-state index in [9.17, 15) is 4.79 Å². The number of rotatable bonds is 5. The predicted octanol–water partition coefficient (Wildman–Crippen LogP) is 3.16. The maximum atomic E-state index is 12.2. The topological polar surface area (TPSA) is 66.9 Å². The number of hydrogen-bond donors (Lipinski definition) is 2. The summed E-state index contributed by atoms with van der Waals surface area (Å²) in [5.41, 5.74) is 0.724. The summed E-state index contributed by atoms with van der Waals surface area (Å²) < 4.78 is 0. The third-order valence-electron chi connectivity index (χ3n) is 4.34. The molecule has 2 N–H and O–H groups in total. The van der Waals surface area contributed by atoms with Crippen molar-refractivity contribution in [1.82, 2.24) is 15.5 Å². The lowest BCUT2D eigenvalue weighted by molar-refractivity contribution is 0.102. The zero-order valence-electron chi connectivity index (χ0n) is 12.3. The Labute approximate surface area is 137 Å². The number of aromatic nitrogens is 2. The summed E-state index contributed by atoms with van der Waals surface area (Å²) in [7, 11) is 0. The molecule has 2 aromatic rings. The van der Waals surface area contributed by atoms with E-state index in [2.05, 4.69) is 20.8 Å². The van der Waals surface area contributed by atoms with Crippen LogP contribution < -0.4 is 10.6 Å². The van der Waals surface area contributed by atoms with Crippen molar-refractivity contribution in [2.75, 3.05) is 5.32 Å². The van der Waals surface area contributed by atoms with E-state index in [1.165, 1.54) is 41.9 Å². The van der Waals surface area contributed by atoms with E-state index >= 15 is 0 Å². The van der Waals surface area contributed by atoms with Crippen molar-refractivity contribution in [2.24, 2.45) is 0 Å². The minimum atomic E-state index is -0.0946. The second kappa shape index (κ2) is 5.72. The molecule has 0 aliphatic heterocycles. The number of carbonyl (C=O) groups is 1. The number of carbonyl (C=O) groups excluding carboxylic acids is 1. The average molecular weight is 334 g/mol. The third kappa shape index (κ3) is 2.93. The Morgan fingerprint density at radius 1 is 1.36 bits per heavy atom. The molecule has 116 valence electrons. The van der Waals surface area contributed by atoms with Crippen LogP contribution in [0.25, 0.3) is 0 Å². The lowest BCUT2D eigenvalue weighted by Gasteiger charge is -2.26. The van der Waals surface area contributed by atoms with Gasteiger partial charge >= 0.3 is 0 Å². The Hall–Kier alpha value is -1.31. The van der Waals surface area contributed by atoms with Crippen molar-refractivity contribution in [2.45, 2.75) is 50.6 Å². The highest BCUT2D eigenvalue weighted by molar-refractivity contribution is 7.15. The standard InChI is InChI=1S/C15H18N4OS2/c1-8-18-19-15(22-8)17-14(20)9-5-13(21-7-9)11-6-12(11)16-10-3-2-4-10/h5,7,10-12,16H,2-4,6H2,1H3,(H,17,19,20). The molecule has 2 aliphatic carbocycles. The monoisotopic (exact) mass is 334 g/mol. The van der Waals surface area contributed by atoms with Crippen LogP contribution in [0.15, 0.2) is 11.4 Å². The first-order valence-corrected chi connectivity index (χ1v) is 9.34. The Morgan fingerprint density at radius 2 is 2.23 bits per heavy atom. The molecule has 0 radical (unpaired) electrons. The fourth-order valence-electron chi connectivity index (χ4n) is 2.75. The molecule has 0 bridgehead atoms. The van der Waals surface area contributed by atoms with Crippen molar-refractivity contribution in [3.8, 4) is 0 Å². The first kappa shape index (κ1) is 14.3. The quantitative estimate of drug-likeness (QED) is 0.881. The fourth-order valence-corrected chi connectivity index (χ4v) is 4.41. The van der Waals surface area contributed by atoms with E-state index < -0.39 is 0 Å². The number of thiophene rings is 1. The van der Waals surface area contributed by atoms with Gasteiger partial charge in [-0.1, -0.05) is 17.8 Å². The largest absolute Gasteiger partial charge is 0.311 e. The van der Waals surface area contributed by atoms with Gasteiger partial charge in [-0.15, -0.1) is 21.5 Å². The summed E-state index contributed by atoms with van der Waals surface area (Å²) in [5, 5.41) is 17.7. The molecule has 2 saturated carbocycles. The highest BCUT2D eigenvalue weighted by Crippen LogP contribution is 2.44. The van der Waals surface area contributed by atoms with Crippen LogP contribution in [-0.4, -0.2) is 28.2 Å². The molecular formula is C15H18N4OS2. The van der Waals surface area contributed by atoms with Gasteiger partial charge in [0.15, 0.2) is 0 Å². The summed E-state index contributed by atoms with van der Waals surface area (Å²) in [4.78, 5) is 13.5. The SMILES string of the molecule is Cc1nnc(NC(=O)c2csc(C3CC3NC3CCC3)c2)s1. The smallest absolute Gasteiger partial charge is 0.258 e. The second-order valence-corrected chi connectivity index (χ2v) is 8.19. The fraction of sp³-hybridized carbons (Fsp3) is 0.533. The van der Waals surface area contributed by atoms with Crippen molar-refractivity contribution < 1.29 is 4.79 Å². The molecule has 5 nitrogen and oxygen atoms in total. The summed E-state index contributed by atoms with van der Waals surface area (Å²) in [6, 6.07) is 3.38. The first-order chi connectivity index (χ1) is 10.7. The lowest BCUT2D eigenvalue weighted by Crippen LogP contribution is -2.37. The molecule has 2 atom stereocenters. The van der Waals surface area contributed by atoms with Crippen molar-refractivity contribution in [1.29, 1.82) is 0 Å². The van der Waals surface area contributed by atoms with Crippen molar-refractivity contribution in [3.05, 3.63) is 26.9 Å². The Balaban J connectivity index is 1.36. The third-order valence-corrected chi connectivity index (χ3v) is 6.16. The number of aryl methyl sites for hydroxylation is 1. The minimum absolute atomic E-state index is 0.0946. The van der Waals surface area contributed by atoms with Gasteiger partial charge in [0.2, 0.25) is 5.13 Å². The van der Waals surface area contributed by atoms with Crippen molar-refractivity contribution in [3.63, 3.8) is 0 Å². The molecular weight excluding hydrogens is 316 g/mol. The van der Waals surface area contributed by atoms with Crippen LogP contribution in [0.1, 0.15) is 51.8 Å². The molecule has 1 amide bonds. The van der Waals surface area contributed by atoms with Gasteiger partial charge in [0, 0.05) is 28.3 Å². The zero-order valence-corrected chi connectivity index (χ0v) is 14.0. The summed E-state index contributed by atoms with van der Waals surface area (Å²) in [5.74, 6) is 0.499. The zero-order chi connectivity index (χ0) is 15.1. The van der Waals surface area contributed by atoms with E-state index in [0.29, 0.717) is 17.1 Å². The molecule has 2 heterocycles. The number of nitrogens with one attached hydrogen (secondary N) is 2. The van der Waals surface area contributed by atoms with Crippen LogP contribution in [-0.2, 0) is 0 Å². The van der Waals surface area contributed by atoms with E-state index in [1.807, 2.05) is 18.4 Å². The van der Waals surface area contributed by atoms with Gasteiger partial charge in [0.1, 0.15) is 5.01 Å². The minimum Gasteiger partial charge on any atom is -0.311 e. The predicted molar refractivity (Wildman–Crippen MR) is 88.8 cm³/mol. The number of amides is 1. The molecule has 0 saturated heterocycles. The Kier molecular flexibility index (Phi) is 3.71. The molecule has 4 rings (SSSR count). The maximum Gasteiger partial charge on any atom is 0.258 e. The molecule has 2 aliphatic rings. The van der Waals surface area contributed by atoms with Crippen LogP contribution in [0.3, 0.4) is 0 Å². The second-order valence-electron chi connectivity index (χ2n) is 6.06. The van der Waals surface area contributed by atoms with Gasteiger partial charge in [0.25, 0.3) is 5.91 Å². The molecule has 22 heavy (non-hydrogen) atoms. The Morgan fingerprint density at radius 3 is 2.91 bits per heavy atom.